The first-order chi connectivity index (χ1) is 20.2. The summed E-state index contributed by atoms with van der Waals surface area (Å²) in [5.41, 5.74) is 4.92. The number of nitrogens with one attached hydrogen (secondary N) is 2. The van der Waals surface area contributed by atoms with Crippen LogP contribution in [0.25, 0.3) is 27.6 Å². The molecule has 42 heavy (non-hydrogen) atoms. The zero-order chi connectivity index (χ0) is 29.7. The van der Waals surface area contributed by atoms with Gasteiger partial charge in [-0.1, -0.05) is 51.1 Å². The van der Waals surface area contributed by atoms with E-state index in [9.17, 15) is 4.79 Å². The topological polar surface area (TPSA) is 114 Å². The van der Waals surface area contributed by atoms with Crippen molar-refractivity contribution in [1.29, 1.82) is 0 Å². The summed E-state index contributed by atoms with van der Waals surface area (Å²) in [5, 5.41) is 21.6. The second-order valence-electron chi connectivity index (χ2n) is 11.2. The number of carbonyl (C=O) groups is 1. The van der Waals surface area contributed by atoms with Gasteiger partial charge in [0.25, 0.3) is 0 Å². The molecular weight excluding hydrogens is 528 g/mol. The van der Waals surface area contributed by atoms with Gasteiger partial charge in [0.15, 0.2) is 0 Å². The summed E-state index contributed by atoms with van der Waals surface area (Å²) in [4.78, 5) is 22.2. The first kappa shape index (κ1) is 28.8. The zero-order valence-electron chi connectivity index (χ0n) is 24.4. The molecule has 2 aromatic carbocycles. The van der Waals surface area contributed by atoms with Crippen molar-refractivity contribution in [3.05, 3.63) is 90.5 Å². The van der Waals surface area contributed by atoms with Gasteiger partial charge in [0, 0.05) is 47.0 Å². The Kier molecular flexibility index (Phi) is 8.49. The lowest BCUT2D eigenvalue weighted by atomic mass is 9.92. The Morgan fingerprint density at radius 2 is 1.74 bits per heavy atom. The Morgan fingerprint density at radius 3 is 2.43 bits per heavy atom. The normalized spacial score (nSPS) is 11.5. The summed E-state index contributed by atoms with van der Waals surface area (Å²) < 4.78 is 7.38. The second-order valence-corrected chi connectivity index (χ2v) is 11.2. The van der Waals surface area contributed by atoms with Crippen LogP contribution in [0, 0.1) is 6.92 Å². The van der Waals surface area contributed by atoms with Crippen molar-refractivity contribution in [2.24, 2.45) is 0 Å². The van der Waals surface area contributed by atoms with E-state index in [2.05, 4.69) is 41.4 Å². The highest BCUT2D eigenvalue weighted by atomic mass is 16.5. The number of anilines is 2. The molecule has 3 heterocycles. The van der Waals surface area contributed by atoms with Gasteiger partial charge in [-0.2, -0.15) is 5.10 Å². The molecule has 0 unspecified atom stereocenters. The van der Waals surface area contributed by atoms with E-state index in [0.29, 0.717) is 30.4 Å². The monoisotopic (exact) mass is 564 g/mol. The number of hydrogen-bond acceptors (Lipinski definition) is 6. The first-order valence-electron chi connectivity index (χ1n) is 14.1. The van der Waals surface area contributed by atoms with E-state index < -0.39 is 0 Å². The van der Waals surface area contributed by atoms with Gasteiger partial charge in [0.05, 0.1) is 29.9 Å². The number of amides is 2. The summed E-state index contributed by atoms with van der Waals surface area (Å²) >= 11 is 0. The summed E-state index contributed by atoms with van der Waals surface area (Å²) in [6.45, 7) is 8.85. The predicted molar refractivity (Wildman–Crippen MR) is 166 cm³/mol. The molecule has 9 heteroatoms. The molecule has 0 aliphatic heterocycles. The van der Waals surface area contributed by atoms with Crippen LogP contribution in [0.2, 0.25) is 0 Å². The average molecular weight is 565 g/mol. The Labute approximate surface area is 245 Å². The van der Waals surface area contributed by atoms with Crippen molar-refractivity contribution in [2.45, 2.75) is 46.0 Å². The predicted octanol–water partition coefficient (Wildman–Crippen LogP) is 6.88. The molecule has 0 bridgehead atoms. The van der Waals surface area contributed by atoms with E-state index in [1.807, 2.05) is 73.7 Å². The third-order valence-corrected chi connectivity index (χ3v) is 6.88. The van der Waals surface area contributed by atoms with Gasteiger partial charge in [-0.3, -0.25) is 10.3 Å². The highest BCUT2D eigenvalue weighted by Crippen LogP contribution is 2.34. The molecule has 9 nitrogen and oxygen atoms in total. The zero-order valence-corrected chi connectivity index (χ0v) is 24.4. The average Bonchev–Trinajstić information content (AvgIpc) is 3.40. The maximum absolute atomic E-state index is 13.3. The molecule has 216 valence electrons. The minimum atomic E-state index is -0.376. The van der Waals surface area contributed by atoms with Gasteiger partial charge in [0.2, 0.25) is 5.88 Å². The number of urea groups is 1. The minimum absolute atomic E-state index is 0.156. The van der Waals surface area contributed by atoms with Crippen LogP contribution in [0.5, 0.6) is 5.88 Å². The number of carbonyl (C=O) groups excluding carboxylic acids is 1. The summed E-state index contributed by atoms with van der Waals surface area (Å²) in [5.74, 6) is 1.10. The van der Waals surface area contributed by atoms with Gasteiger partial charge in [0.1, 0.15) is 5.82 Å². The van der Waals surface area contributed by atoms with Crippen LogP contribution in [0.1, 0.15) is 45.0 Å². The van der Waals surface area contributed by atoms with Gasteiger partial charge in [-0.05, 0) is 55.0 Å². The highest BCUT2D eigenvalue weighted by molar-refractivity contribution is 6.09. The van der Waals surface area contributed by atoms with Crippen molar-refractivity contribution >= 4 is 28.3 Å². The van der Waals surface area contributed by atoms with Gasteiger partial charge in [-0.25, -0.2) is 14.5 Å². The number of benzene rings is 2. The van der Waals surface area contributed by atoms with Crippen molar-refractivity contribution in [3.8, 4) is 22.7 Å². The van der Waals surface area contributed by atoms with Crippen molar-refractivity contribution in [2.75, 3.05) is 23.8 Å². The van der Waals surface area contributed by atoms with Crippen LogP contribution < -0.4 is 15.4 Å². The van der Waals surface area contributed by atoms with Gasteiger partial charge < -0.3 is 15.2 Å². The number of hydrogen-bond donors (Lipinski definition) is 3. The first-order valence-corrected chi connectivity index (χ1v) is 14.1. The molecule has 2 amide bonds. The lowest BCUT2D eigenvalue weighted by Gasteiger charge is -2.14. The number of ether oxygens (including phenoxy) is 1. The van der Waals surface area contributed by atoms with E-state index >= 15 is 0 Å². The van der Waals surface area contributed by atoms with E-state index in [4.69, 9.17) is 14.9 Å². The van der Waals surface area contributed by atoms with Gasteiger partial charge >= 0.3 is 6.03 Å². The molecule has 0 aliphatic rings. The molecule has 0 saturated heterocycles. The lowest BCUT2D eigenvalue weighted by molar-refractivity contribution is 0.249. The molecule has 3 N–H and O–H groups in total. The Hall–Kier alpha value is -4.76. The fourth-order valence-electron chi connectivity index (χ4n) is 4.56. The minimum Gasteiger partial charge on any atom is -0.478 e. The summed E-state index contributed by atoms with van der Waals surface area (Å²) in [7, 11) is 0. The van der Waals surface area contributed by atoms with E-state index in [-0.39, 0.29) is 18.1 Å². The molecule has 0 aliphatic carbocycles. The van der Waals surface area contributed by atoms with E-state index in [1.54, 1.807) is 17.1 Å². The van der Waals surface area contributed by atoms with Crippen LogP contribution in [-0.4, -0.2) is 44.1 Å². The Balaban J connectivity index is 1.38. The third-order valence-electron chi connectivity index (χ3n) is 6.88. The lowest BCUT2D eigenvalue weighted by Crippen LogP contribution is -2.21. The molecule has 0 fully saturated rings. The SMILES string of the molecule is Cc1ccc(-n2nc(C(C)(C)C)cc2NC(=O)Nc2ccc(-c3ccc(OCCCCO)nc3)c3ccccc23)cn1. The molecule has 0 atom stereocenters. The summed E-state index contributed by atoms with van der Waals surface area (Å²) in [6.07, 6.45) is 5.01. The largest absolute Gasteiger partial charge is 0.478 e. The number of fused-ring (bicyclic) bond motifs is 1. The molecule has 5 aromatic rings. The number of rotatable bonds is 9. The number of nitrogens with zero attached hydrogens (tertiary/aromatic N) is 4. The smallest absolute Gasteiger partial charge is 0.324 e. The molecule has 0 saturated carbocycles. The van der Waals surface area contributed by atoms with Crippen LogP contribution >= 0.6 is 0 Å². The number of pyridine rings is 2. The Morgan fingerprint density at radius 1 is 0.929 bits per heavy atom. The van der Waals surface area contributed by atoms with E-state index in [0.717, 1.165) is 45.4 Å². The number of aromatic nitrogens is 4. The molecule has 0 spiro atoms. The van der Waals surface area contributed by atoms with Gasteiger partial charge in [-0.15, -0.1) is 0 Å². The van der Waals surface area contributed by atoms with Crippen LogP contribution in [-0.2, 0) is 5.41 Å². The third kappa shape index (κ3) is 6.58. The number of aryl methyl sites for hydroxylation is 1. The fourth-order valence-corrected chi connectivity index (χ4v) is 4.56. The van der Waals surface area contributed by atoms with Crippen molar-refractivity contribution < 1.29 is 14.6 Å². The van der Waals surface area contributed by atoms with Crippen LogP contribution in [0.4, 0.5) is 16.3 Å². The maximum Gasteiger partial charge on any atom is 0.324 e. The molecular formula is C33H36N6O3. The number of aliphatic hydroxyl groups excluding tert-OH is 1. The van der Waals surface area contributed by atoms with Crippen molar-refractivity contribution in [1.82, 2.24) is 19.7 Å². The second kappa shape index (κ2) is 12.4. The van der Waals surface area contributed by atoms with Crippen LogP contribution in [0.3, 0.4) is 0 Å². The molecule has 0 radical (unpaired) electrons. The highest BCUT2D eigenvalue weighted by Gasteiger charge is 2.22. The molecule has 3 aromatic heterocycles. The quantitative estimate of drug-likeness (QED) is 0.168. The van der Waals surface area contributed by atoms with E-state index in [1.165, 1.54) is 0 Å². The maximum atomic E-state index is 13.3. The molecule has 5 rings (SSSR count). The Bertz CT molecular complexity index is 1670. The van der Waals surface area contributed by atoms with Crippen molar-refractivity contribution in [3.63, 3.8) is 0 Å². The summed E-state index contributed by atoms with van der Waals surface area (Å²) in [6, 6.07) is 21.0. The number of unbranched alkanes of at least 4 members (excludes halogenated alkanes) is 1. The van der Waals surface area contributed by atoms with Crippen LogP contribution in [0.15, 0.2) is 79.1 Å². The number of aliphatic hydroxyl groups is 1. The standard InChI is InChI=1S/C33H36N6O3/c1-22-11-13-24(21-34-22)39-30(19-29(38-39)33(2,3)4)37-32(41)36-28-15-14-25(26-9-5-6-10-27(26)28)23-12-16-31(35-20-23)42-18-8-7-17-40/h5-6,9-16,19-21,40H,7-8,17-18H2,1-4H3,(H2,36,37,41). The fraction of sp³-hybridized carbons (Fsp3) is 0.273.